The highest BCUT2D eigenvalue weighted by atomic mass is 16.5. The van der Waals surface area contributed by atoms with E-state index in [0.717, 1.165) is 72.5 Å². The molecule has 0 fully saturated rings. The van der Waals surface area contributed by atoms with Gasteiger partial charge in [0, 0.05) is 33.4 Å². The maximum atomic E-state index is 7.00. The summed E-state index contributed by atoms with van der Waals surface area (Å²) >= 11 is 0. The Balaban J connectivity index is 1.09. The minimum Gasteiger partial charge on any atom is -0.455 e. The van der Waals surface area contributed by atoms with E-state index < -0.39 is 0 Å². The van der Waals surface area contributed by atoms with Crippen molar-refractivity contribution in [1.82, 2.24) is 15.0 Å². The van der Waals surface area contributed by atoms with Crippen molar-refractivity contribution in [3.8, 4) is 90.2 Å². The second-order valence-electron chi connectivity index (χ2n) is 14.4. The molecule has 10 aromatic rings. The van der Waals surface area contributed by atoms with E-state index in [1.807, 2.05) is 12.1 Å². The molecular formula is C53H33N3O. The van der Waals surface area contributed by atoms with Crippen molar-refractivity contribution in [2.45, 2.75) is 0 Å². The number of nitrogens with zero attached hydrogens (tertiary/aromatic N) is 3. The zero-order valence-electron chi connectivity index (χ0n) is 30.8. The average Bonchev–Trinajstić information content (AvgIpc) is 3.28. The lowest BCUT2D eigenvalue weighted by Gasteiger charge is -2.23. The second-order valence-corrected chi connectivity index (χ2v) is 14.4. The highest BCUT2D eigenvalue weighted by Gasteiger charge is 2.23. The summed E-state index contributed by atoms with van der Waals surface area (Å²) in [5, 5.41) is 4.72. The molecule has 1 aliphatic rings. The molecule has 0 amide bonds. The molecule has 0 radical (unpaired) electrons. The molecule has 0 bridgehead atoms. The van der Waals surface area contributed by atoms with Crippen LogP contribution in [0, 0.1) is 0 Å². The van der Waals surface area contributed by atoms with Gasteiger partial charge in [0.15, 0.2) is 17.5 Å². The molecule has 266 valence electrons. The number of fused-ring (bicyclic) bond motifs is 5. The van der Waals surface area contributed by atoms with Crippen LogP contribution in [0.2, 0.25) is 0 Å². The number of aromatic nitrogens is 3. The van der Waals surface area contributed by atoms with Gasteiger partial charge < -0.3 is 4.74 Å². The van der Waals surface area contributed by atoms with Gasteiger partial charge in [0.2, 0.25) is 0 Å². The van der Waals surface area contributed by atoms with Gasteiger partial charge in [0.1, 0.15) is 11.5 Å². The van der Waals surface area contributed by atoms with Crippen molar-refractivity contribution < 1.29 is 4.74 Å². The third kappa shape index (κ3) is 5.83. The third-order valence-corrected chi connectivity index (χ3v) is 10.9. The lowest BCUT2D eigenvalue weighted by Crippen LogP contribution is -2.01. The number of hydrogen-bond donors (Lipinski definition) is 0. The van der Waals surface area contributed by atoms with Gasteiger partial charge in [-0.25, -0.2) is 15.0 Å². The van der Waals surface area contributed by atoms with Crippen LogP contribution in [0.5, 0.6) is 11.5 Å². The first-order valence-corrected chi connectivity index (χ1v) is 19.2. The van der Waals surface area contributed by atoms with Gasteiger partial charge in [-0.2, -0.15) is 0 Å². The largest absolute Gasteiger partial charge is 0.455 e. The first-order chi connectivity index (χ1) is 28.2. The lowest BCUT2D eigenvalue weighted by molar-refractivity contribution is 0.488. The first-order valence-electron chi connectivity index (χ1n) is 19.2. The van der Waals surface area contributed by atoms with Crippen molar-refractivity contribution in [3.05, 3.63) is 200 Å². The fourth-order valence-electron chi connectivity index (χ4n) is 8.15. The van der Waals surface area contributed by atoms with E-state index in [1.165, 1.54) is 21.7 Å². The molecule has 0 aliphatic carbocycles. The van der Waals surface area contributed by atoms with Crippen molar-refractivity contribution in [2.75, 3.05) is 0 Å². The van der Waals surface area contributed by atoms with Crippen LogP contribution >= 0.6 is 0 Å². The van der Waals surface area contributed by atoms with Crippen LogP contribution in [0.3, 0.4) is 0 Å². The van der Waals surface area contributed by atoms with Gasteiger partial charge in [-0.05, 0) is 73.6 Å². The zero-order chi connectivity index (χ0) is 37.7. The lowest BCUT2D eigenvalue weighted by atomic mass is 9.88. The molecular weight excluding hydrogens is 695 g/mol. The summed E-state index contributed by atoms with van der Waals surface area (Å²) in [4.78, 5) is 15.5. The normalized spacial score (nSPS) is 11.6. The fourth-order valence-corrected chi connectivity index (χ4v) is 8.15. The molecule has 1 aromatic heterocycles. The Morgan fingerprint density at radius 1 is 0.281 bits per heavy atom. The highest BCUT2D eigenvalue weighted by Crippen LogP contribution is 2.50. The monoisotopic (exact) mass is 727 g/mol. The number of para-hydroxylation sites is 2. The summed E-state index contributed by atoms with van der Waals surface area (Å²) in [6.07, 6.45) is 0. The molecule has 2 heterocycles. The van der Waals surface area contributed by atoms with E-state index >= 15 is 0 Å². The second kappa shape index (κ2) is 13.6. The highest BCUT2D eigenvalue weighted by molar-refractivity contribution is 6.09. The van der Waals surface area contributed by atoms with Crippen molar-refractivity contribution >= 4 is 21.5 Å². The smallest absolute Gasteiger partial charge is 0.164 e. The molecule has 57 heavy (non-hydrogen) atoms. The Kier molecular flexibility index (Phi) is 7.78. The van der Waals surface area contributed by atoms with Crippen molar-refractivity contribution in [3.63, 3.8) is 0 Å². The SMILES string of the molecule is c1ccc(-c2cccc(-c3nc(-c4cccc(-c5cccc6c5Oc5ccccc5-c5cccc7cccc-6c57)c4)nc(-c4ccc5ccccc5c4)n3)c2)cc1. The van der Waals surface area contributed by atoms with E-state index in [4.69, 9.17) is 19.7 Å². The predicted molar refractivity (Wildman–Crippen MR) is 233 cm³/mol. The van der Waals surface area contributed by atoms with Crippen LogP contribution in [0.25, 0.3) is 100 Å². The van der Waals surface area contributed by atoms with Crippen molar-refractivity contribution in [2.24, 2.45) is 0 Å². The average molecular weight is 728 g/mol. The molecule has 4 nitrogen and oxygen atoms in total. The number of rotatable bonds is 5. The molecule has 9 aromatic carbocycles. The number of ether oxygens (including phenoxy) is 1. The number of hydrogen-bond acceptors (Lipinski definition) is 4. The maximum Gasteiger partial charge on any atom is 0.164 e. The van der Waals surface area contributed by atoms with Gasteiger partial charge in [0.05, 0.1) is 0 Å². The van der Waals surface area contributed by atoms with Gasteiger partial charge in [-0.15, -0.1) is 0 Å². The summed E-state index contributed by atoms with van der Waals surface area (Å²) < 4.78 is 7.00. The number of benzene rings is 9. The Hall–Kier alpha value is -7.69. The van der Waals surface area contributed by atoms with Crippen LogP contribution < -0.4 is 4.74 Å². The predicted octanol–water partition coefficient (Wildman–Crippen LogP) is 14.0. The molecule has 1 aliphatic heterocycles. The topological polar surface area (TPSA) is 47.9 Å². The molecule has 0 unspecified atom stereocenters. The van der Waals surface area contributed by atoms with Crippen LogP contribution in [-0.2, 0) is 0 Å². The van der Waals surface area contributed by atoms with E-state index in [1.54, 1.807) is 0 Å². The molecule has 0 saturated heterocycles. The van der Waals surface area contributed by atoms with E-state index in [0.29, 0.717) is 17.5 Å². The van der Waals surface area contributed by atoms with E-state index in [-0.39, 0.29) is 0 Å². The summed E-state index contributed by atoms with van der Waals surface area (Å²) in [5.41, 5.74) is 11.4. The minimum atomic E-state index is 0.596. The van der Waals surface area contributed by atoms with Gasteiger partial charge >= 0.3 is 0 Å². The minimum absolute atomic E-state index is 0.596. The Labute approximate surface area is 330 Å². The van der Waals surface area contributed by atoms with E-state index in [2.05, 4.69) is 188 Å². The Morgan fingerprint density at radius 2 is 0.772 bits per heavy atom. The van der Waals surface area contributed by atoms with Crippen LogP contribution in [0.4, 0.5) is 0 Å². The van der Waals surface area contributed by atoms with Gasteiger partial charge in [-0.1, -0.05) is 176 Å². The molecule has 4 heteroatoms. The zero-order valence-corrected chi connectivity index (χ0v) is 30.8. The molecule has 0 atom stereocenters. The molecule has 11 rings (SSSR count). The summed E-state index contributed by atoms with van der Waals surface area (Å²) in [5.74, 6) is 3.47. The standard InChI is InChI=1S/C53H33N3O/c1-2-13-34(14-3-1)38-19-8-21-40(31-38)51-54-52(56-53(55-51)42-30-29-35-15-4-5-16-37(35)32-42)41-22-9-20-39(33-41)43-24-12-27-47-46-26-11-18-36-17-10-25-45(49(36)46)44-23-6-7-28-48(44)57-50(43)47/h1-33H. The first kappa shape index (κ1) is 32.7. The van der Waals surface area contributed by atoms with E-state index in [9.17, 15) is 0 Å². The molecule has 0 saturated carbocycles. The molecule has 0 spiro atoms. The van der Waals surface area contributed by atoms with Gasteiger partial charge in [0.25, 0.3) is 0 Å². The summed E-state index contributed by atoms with van der Waals surface area (Å²) in [6, 6.07) is 69.8. The Bertz CT molecular complexity index is 3170. The third-order valence-electron chi connectivity index (χ3n) is 10.9. The maximum absolute atomic E-state index is 7.00. The van der Waals surface area contributed by atoms with Crippen LogP contribution in [0.1, 0.15) is 0 Å². The van der Waals surface area contributed by atoms with Crippen LogP contribution in [0.15, 0.2) is 200 Å². The summed E-state index contributed by atoms with van der Waals surface area (Å²) in [6.45, 7) is 0. The Morgan fingerprint density at radius 3 is 1.54 bits per heavy atom. The van der Waals surface area contributed by atoms with Crippen molar-refractivity contribution in [1.29, 1.82) is 0 Å². The fraction of sp³-hybridized carbons (Fsp3) is 0. The quantitative estimate of drug-likeness (QED) is 0.177. The van der Waals surface area contributed by atoms with Gasteiger partial charge in [-0.3, -0.25) is 0 Å². The van der Waals surface area contributed by atoms with Crippen LogP contribution in [-0.4, -0.2) is 15.0 Å². The summed E-state index contributed by atoms with van der Waals surface area (Å²) in [7, 11) is 0. The molecule has 0 N–H and O–H groups in total.